The summed E-state index contributed by atoms with van der Waals surface area (Å²) in [5, 5.41) is 8.09. The third kappa shape index (κ3) is 3.72. The highest BCUT2D eigenvalue weighted by Gasteiger charge is 2.36. The van der Waals surface area contributed by atoms with Gasteiger partial charge in [0.25, 0.3) is 11.5 Å². The number of H-pyrrole nitrogens is 1. The van der Waals surface area contributed by atoms with Gasteiger partial charge in [0.05, 0.1) is 40.7 Å². The van der Waals surface area contributed by atoms with E-state index in [0.29, 0.717) is 11.1 Å². The number of nitrogens with zero attached hydrogens (tertiary/aromatic N) is 4. The van der Waals surface area contributed by atoms with Crippen LogP contribution in [0.5, 0.6) is 0 Å². The lowest BCUT2D eigenvalue weighted by atomic mass is 10.0. The summed E-state index contributed by atoms with van der Waals surface area (Å²) < 4.78 is 40.8. The van der Waals surface area contributed by atoms with Crippen LogP contribution in [0.25, 0.3) is 22.2 Å². The van der Waals surface area contributed by atoms with Gasteiger partial charge in [0.15, 0.2) is 0 Å². The van der Waals surface area contributed by atoms with Crippen LogP contribution in [0.2, 0.25) is 0 Å². The van der Waals surface area contributed by atoms with Crippen molar-refractivity contribution >= 4 is 16.8 Å². The normalized spacial score (nSPS) is 12.7. The molecule has 0 spiro atoms. The molecule has 2 N–H and O–H groups in total. The molecule has 32 heavy (non-hydrogen) atoms. The molecule has 8 nitrogen and oxygen atoms in total. The average molecular weight is 442 g/mol. The fraction of sp³-hybridized carbons (Fsp3) is 0.190. The smallest absolute Gasteiger partial charge is 0.355 e. The molecule has 0 aliphatic rings. The molecular weight excluding hydrogens is 425 g/mol. The van der Waals surface area contributed by atoms with Crippen LogP contribution in [0.1, 0.15) is 34.6 Å². The number of hydrogen-bond donors (Lipinski definition) is 2. The van der Waals surface area contributed by atoms with Crippen molar-refractivity contribution in [1.29, 1.82) is 0 Å². The highest BCUT2D eigenvalue weighted by atomic mass is 19.4. The number of rotatable bonds is 4. The number of carbonyl (C=O) groups is 1. The van der Waals surface area contributed by atoms with E-state index in [0.717, 1.165) is 6.20 Å². The van der Waals surface area contributed by atoms with Crippen molar-refractivity contribution in [1.82, 2.24) is 30.0 Å². The maximum Gasteiger partial charge on any atom is 0.433 e. The Balaban J connectivity index is 1.75. The standard InChI is InChI=1S/C21H17F3N6O2/c1-11(12-4-3-5-13(6-12)19(31)25-2)30-10-27-17-7-16(26-8-15(17)20(30)32)14-9-28-29-18(14)21(22,23)24/h3-11H,1-2H3,(H,25,31)(H,28,29)/t11-/m1/s1. The van der Waals surface area contributed by atoms with Crippen molar-refractivity contribution in [3.8, 4) is 11.3 Å². The molecule has 0 aliphatic heterocycles. The topological polar surface area (TPSA) is 106 Å². The summed E-state index contributed by atoms with van der Waals surface area (Å²) in [4.78, 5) is 33.2. The molecule has 3 aromatic heterocycles. The predicted molar refractivity (Wildman–Crippen MR) is 110 cm³/mol. The molecule has 0 aliphatic carbocycles. The first-order valence-corrected chi connectivity index (χ1v) is 9.50. The number of pyridine rings is 1. The Morgan fingerprint density at radius 3 is 2.69 bits per heavy atom. The number of fused-ring (bicyclic) bond motifs is 1. The van der Waals surface area contributed by atoms with Gasteiger partial charge in [-0.3, -0.25) is 24.2 Å². The van der Waals surface area contributed by atoms with Crippen molar-refractivity contribution in [2.45, 2.75) is 19.1 Å². The van der Waals surface area contributed by atoms with Gasteiger partial charge in [0.2, 0.25) is 0 Å². The van der Waals surface area contributed by atoms with Crippen LogP contribution in [0.4, 0.5) is 13.2 Å². The van der Waals surface area contributed by atoms with Gasteiger partial charge in [0.1, 0.15) is 5.69 Å². The molecule has 0 saturated heterocycles. The van der Waals surface area contributed by atoms with E-state index in [1.807, 2.05) is 5.10 Å². The number of benzene rings is 1. The van der Waals surface area contributed by atoms with Crippen molar-refractivity contribution in [3.63, 3.8) is 0 Å². The first-order valence-electron chi connectivity index (χ1n) is 9.50. The second-order valence-corrected chi connectivity index (χ2v) is 7.08. The van der Waals surface area contributed by atoms with Gasteiger partial charge < -0.3 is 5.32 Å². The summed E-state index contributed by atoms with van der Waals surface area (Å²) in [6, 6.07) is 7.71. The molecular formula is C21H17F3N6O2. The third-order valence-electron chi connectivity index (χ3n) is 5.14. The maximum atomic E-state index is 13.2. The van der Waals surface area contributed by atoms with Crippen molar-refractivity contribution in [2.24, 2.45) is 0 Å². The van der Waals surface area contributed by atoms with E-state index >= 15 is 0 Å². The van der Waals surface area contributed by atoms with Crippen LogP contribution < -0.4 is 10.9 Å². The Labute approximate surface area is 179 Å². The molecule has 0 saturated carbocycles. The number of carbonyl (C=O) groups excluding carboxylic acids is 1. The van der Waals surface area contributed by atoms with E-state index < -0.39 is 23.5 Å². The van der Waals surface area contributed by atoms with Crippen LogP contribution in [-0.4, -0.2) is 37.7 Å². The number of aromatic amines is 1. The van der Waals surface area contributed by atoms with E-state index in [1.54, 1.807) is 31.2 Å². The van der Waals surface area contributed by atoms with Crippen LogP contribution in [0, 0.1) is 0 Å². The van der Waals surface area contributed by atoms with Crippen LogP contribution >= 0.6 is 0 Å². The van der Waals surface area contributed by atoms with Crippen LogP contribution in [-0.2, 0) is 6.18 Å². The van der Waals surface area contributed by atoms with Gasteiger partial charge in [-0.2, -0.15) is 18.3 Å². The Morgan fingerprint density at radius 2 is 1.97 bits per heavy atom. The summed E-state index contributed by atoms with van der Waals surface area (Å²) in [5.74, 6) is -0.253. The minimum atomic E-state index is -4.63. The van der Waals surface area contributed by atoms with E-state index in [4.69, 9.17) is 0 Å². The molecule has 4 rings (SSSR count). The average Bonchev–Trinajstić information content (AvgIpc) is 3.29. The van der Waals surface area contributed by atoms with Gasteiger partial charge in [-0.25, -0.2) is 4.98 Å². The van der Waals surface area contributed by atoms with E-state index in [1.165, 1.54) is 30.2 Å². The van der Waals surface area contributed by atoms with E-state index in [9.17, 15) is 22.8 Å². The zero-order chi connectivity index (χ0) is 23.0. The van der Waals surface area contributed by atoms with Gasteiger partial charge in [0, 0.05) is 18.8 Å². The predicted octanol–water partition coefficient (Wildman–Crippen LogP) is 3.17. The van der Waals surface area contributed by atoms with Crippen molar-refractivity contribution in [2.75, 3.05) is 7.05 Å². The number of alkyl halides is 3. The molecule has 164 valence electrons. The van der Waals surface area contributed by atoms with Gasteiger partial charge in [-0.15, -0.1) is 0 Å². The lowest BCUT2D eigenvalue weighted by molar-refractivity contribution is -0.140. The molecule has 1 aromatic carbocycles. The second-order valence-electron chi connectivity index (χ2n) is 7.08. The summed E-state index contributed by atoms with van der Waals surface area (Å²) in [6.45, 7) is 1.78. The molecule has 3 heterocycles. The lowest BCUT2D eigenvalue weighted by Gasteiger charge is -2.16. The van der Waals surface area contributed by atoms with E-state index in [2.05, 4.69) is 20.4 Å². The monoisotopic (exact) mass is 442 g/mol. The highest BCUT2D eigenvalue weighted by Crippen LogP contribution is 2.35. The number of halogens is 3. The number of hydrogen-bond acceptors (Lipinski definition) is 5. The minimum absolute atomic E-state index is 0.00504. The minimum Gasteiger partial charge on any atom is -0.355 e. The maximum absolute atomic E-state index is 13.2. The molecule has 0 fully saturated rings. The van der Waals surface area contributed by atoms with Gasteiger partial charge >= 0.3 is 6.18 Å². The molecule has 0 radical (unpaired) electrons. The molecule has 1 amide bonds. The summed E-state index contributed by atoms with van der Waals surface area (Å²) in [6.07, 6.45) is -1.07. The summed E-state index contributed by atoms with van der Waals surface area (Å²) in [5.41, 5.74) is -0.300. The molecule has 1 atom stereocenters. The Morgan fingerprint density at radius 1 is 1.19 bits per heavy atom. The quantitative estimate of drug-likeness (QED) is 0.505. The lowest BCUT2D eigenvalue weighted by Crippen LogP contribution is -2.25. The zero-order valence-corrected chi connectivity index (χ0v) is 16.9. The fourth-order valence-corrected chi connectivity index (χ4v) is 3.40. The fourth-order valence-electron chi connectivity index (χ4n) is 3.40. The number of nitrogens with one attached hydrogen (secondary N) is 2. The summed E-state index contributed by atoms with van der Waals surface area (Å²) in [7, 11) is 1.53. The van der Waals surface area contributed by atoms with Crippen LogP contribution in [0.3, 0.4) is 0 Å². The van der Waals surface area contributed by atoms with Gasteiger partial charge in [-0.05, 0) is 30.7 Å². The van der Waals surface area contributed by atoms with Crippen molar-refractivity contribution in [3.05, 3.63) is 76.2 Å². The Kier molecular flexibility index (Phi) is 5.25. The Bertz CT molecular complexity index is 1380. The third-order valence-corrected chi connectivity index (χ3v) is 5.14. The molecule has 11 heteroatoms. The SMILES string of the molecule is CNC(=O)c1cccc([C@@H](C)n2cnc3cc(-c4cn[nH]c4C(F)(F)F)ncc3c2=O)c1. The van der Waals surface area contributed by atoms with Gasteiger partial charge in [-0.1, -0.05) is 12.1 Å². The van der Waals surface area contributed by atoms with Crippen LogP contribution in [0.15, 0.2) is 53.8 Å². The second kappa shape index (κ2) is 7.91. The first-order chi connectivity index (χ1) is 15.2. The zero-order valence-electron chi connectivity index (χ0n) is 16.9. The van der Waals surface area contributed by atoms with Crippen molar-refractivity contribution < 1.29 is 18.0 Å². The first kappa shape index (κ1) is 21.2. The molecule has 0 bridgehead atoms. The number of aromatic nitrogens is 5. The highest BCUT2D eigenvalue weighted by molar-refractivity contribution is 5.94. The summed E-state index contributed by atoms with van der Waals surface area (Å²) >= 11 is 0. The molecule has 0 unspecified atom stereocenters. The largest absolute Gasteiger partial charge is 0.433 e. The Hall–Kier alpha value is -4.02. The van der Waals surface area contributed by atoms with E-state index in [-0.39, 0.29) is 28.1 Å². The molecule has 4 aromatic rings. The number of amides is 1.